The van der Waals surface area contributed by atoms with Crippen LogP contribution in [0.3, 0.4) is 0 Å². The first-order chi connectivity index (χ1) is 6.21. The van der Waals surface area contributed by atoms with Crippen molar-refractivity contribution in [3.05, 3.63) is 0 Å². The summed E-state index contributed by atoms with van der Waals surface area (Å²) in [5, 5.41) is 9.15. The molecule has 1 rings (SSSR count). The smallest absolute Gasteiger partial charge is 0.310 e. The maximum atomic E-state index is 11.1. The number of ether oxygens (including phenoxy) is 1. The van der Waals surface area contributed by atoms with Crippen molar-refractivity contribution in [1.82, 2.24) is 0 Å². The minimum Gasteiger partial charge on any atom is -0.481 e. The summed E-state index contributed by atoms with van der Waals surface area (Å²) in [5.41, 5.74) is -0.515. The maximum absolute atomic E-state index is 11.1. The molecule has 1 N–H and O–H groups in total. The van der Waals surface area contributed by atoms with E-state index in [9.17, 15) is 4.79 Å². The van der Waals surface area contributed by atoms with E-state index in [1.54, 1.807) is 11.8 Å². The van der Waals surface area contributed by atoms with Gasteiger partial charge in [0.1, 0.15) is 0 Å². The van der Waals surface area contributed by atoms with Gasteiger partial charge in [0.2, 0.25) is 0 Å². The Morgan fingerprint density at radius 2 is 2.15 bits per heavy atom. The molecule has 13 heavy (non-hydrogen) atoms. The second-order valence-electron chi connectivity index (χ2n) is 3.33. The Morgan fingerprint density at radius 3 is 2.62 bits per heavy atom. The molecule has 3 nitrogen and oxygen atoms in total. The summed E-state index contributed by atoms with van der Waals surface area (Å²) < 4.78 is 5.18. The van der Waals surface area contributed by atoms with Crippen LogP contribution in [0.15, 0.2) is 0 Å². The summed E-state index contributed by atoms with van der Waals surface area (Å²) in [6, 6.07) is 0. The van der Waals surface area contributed by atoms with Gasteiger partial charge in [-0.05, 0) is 18.6 Å². The predicted octanol–water partition coefficient (Wildman–Crippen LogP) is 1.62. The molecule has 1 aliphatic rings. The molecule has 0 spiro atoms. The van der Waals surface area contributed by atoms with Crippen LogP contribution in [-0.2, 0) is 9.53 Å². The third-order valence-corrected chi connectivity index (χ3v) is 3.65. The van der Waals surface area contributed by atoms with Gasteiger partial charge in [-0.3, -0.25) is 4.79 Å². The highest BCUT2D eigenvalue weighted by molar-refractivity contribution is 7.99. The number of rotatable bonds is 4. The van der Waals surface area contributed by atoms with E-state index < -0.39 is 11.4 Å². The Hall–Kier alpha value is -0.220. The molecule has 0 aliphatic carbocycles. The van der Waals surface area contributed by atoms with Crippen molar-refractivity contribution in [2.75, 3.05) is 24.7 Å². The summed E-state index contributed by atoms with van der Waals surface area (Å²) in [5.74, 6) is 1.05. The monoisotopic (exact) mass is 204 g/mol. The van der Waals surface area contributed by atoms with Gasteiger partial charge in [-0.15, -0.1) is 0 Å². The van der Waals surface area contributed by atoms with Crippen LogP contribution in [0.2, 0.25) is 0 Å². The summed E-state index contributed by atoms with van der Waals surface area (Å²) in [6.07, 6.45) is 1.32. The number of carboxylic acids is 1. The van der Waals surface area contributed by atoms with Crippen molar-refractivity contribution < 1.29 is 14.6 Å². The SMILES string of the molecule is CCSCC1(C(=O)O)CCOCC1. The Kier molecular flexibility index (Phi) is 4.06. The summed E-state index contributed by atoms with van der Waals surface area (Å²) in [4.78, 5) is 11.1. The molecule has 0 aromatic carbocycles. The van der Waals surface area contributed by atoms with E-state index in [0.717, 1.165) is 11.5 Å². The summed E-state index contributed by atoms with van der Waals surface area (Å²) in [7, 11) is 0. The number of thioether (sulfide) groups is 1. The van der Waals surface area contributed by atoms with Crippen LogP contribution < -0.4 is 0 Å². The molecule has 0 saturated carbocycles. The van der Waals surface area contributed by atoms with Crippen LogP contribution in [0.1, 0.15) is 19.8 Å². The van der Waals surface area contributed by atoms with E-state index in [4.69, 9.17) is 9.84 Å². The highest BCUT2D eigenvalue weighted by Gasteiger charge is 2.39. The highest BCUT2D eigenvalue weighted by atomic mass is 32.2. The van der Waals surface area contributed by atoms with E-state index in [-0.39, 0.29) is 0 Å². The van der Waals surface area contributed by atoms with E-state index in [1.165, 1.54) is 0 Å². The number of hydrogen-bond donors (Lipinski definition) is 1. The molecule has 0 amide bonds. The first-order valence-corrected chi connectivity index (χ1v) is 5.75. The van der Waals surface area contributed by atoms with E-state index in [2.05, 4.69) is 6.92 Å². The number of hydrogen-bond acceptors (Lipinski definition) is 3. The van der Waals surface area contributed by atoms with Gasteiger partial charge in [0.25, 0.3) is 0 Å². The van der Waals surface area contributed by atoms with Gasteiger partial charge in [-0.2, -0.15) is 11.8 Å². The second kappa shape index (κ2) is 4.86. The molecule has 0 aromatic rings. The number of aliphatic carboxylic acids is 1. The lowest BCUT2D eigenvalue weighted by atomic mass is 9.82. The van der Waals surface area contributed by atoms with Crippen molar-refractivity contribution in [2.45, 2.75) is 19.8 Å². The summed E-state index contributed by atoms with van der Waals surface area (Å²) in [6.45, 7) is 3.24. The lowest BCUT2D eigenvalue weighted by molar-refractivity contribution is -0.152. The Morgan fingerprint density at radius 1 is 1.54 bits per heavy atom. The van der Waals surface area contributed by atoms with Gasteiger partial charge in [0.05, 0.1) is 5.41 Å². The molecule has 1 saturated heterocycles. The predicted molar refractivity (Wildman–Crippen MR) is 53.1 cm³/mol. The minimum absolute atomic E-state index is 0.515. The van der Waals surface area contributed by atoms with Gasteiger partial charge in [0.15, 0.2) is 0 Å². The largest absolute Gasteiger partial charge is 0.481 e. The van der Waals surface area contributed by atoms with Crippen molar-refractivity contribution in [2.24, 2.45) is 5.41 Å². The van der Waals surface area contributed by atoms with Crippen LogP contribution >= 0.6 is 11.8 Å². The Balaban J connectivity index is 2.56. The lowest BCUT2D eigenvalue weighted by Crippen LogP contribution is -2.39. The highest BCUT2D eigenvalue weighted by Crippen LogP contribution is 2.34. The van der Waals surface area contributed by atoms with Crippen LogP contribution in [0.5, 0.6) is 0 Å². The van der Waals surface area contributed by atoms with Crippen LogP contribution in [-0.4, -0.2) is 35.8 Å². The van der Waals surface area contributed by atoms with Crippen molar-refractivity contribution in [3.63, 3.8) is 0 Å². The third kappa shape index (κ3) is 2.61. The van der Waals surface area contributed by atoms with Gasteiger partial charge >= 0.3 is 5.97 Å². The molecule has 4 heteroatoms. The summed E-state index contributed by atoms with van der Waals surface area (Å²) >= 11 is 1.71. The fourth-order valence-corrected chi connectivity index (χ4v) is 2.49. The van der Waals surface area contributed by atoms with E-state index >= 15 is 0 Å². The van der Waals surface area contributed by atoms with E-state index in [0.29, 0.717) is 26.1 Å². The average molecular weight is 204 g/mol. The van der Waals surface area contributed by atoms with E-state index in [1.807, 2.05) is 0 Å². The van der Waals surface area contributed by atoms with Crippen LogP contribution in [0.4, 0.5) is 0 Å². The molecule has 0 radical (unpaired) electrons. The molecule has 0 atom stereocenters. The first kappa shape index (κ1) is 10.9. The number of carboxylic acid groups (broad SMARTS) is 1. The maximum Gasteiger partial charge on any atom is 0.310 e. The quantitative estimate of drug-likeness (QED) is 0.756. The zero-order valence-electron chi connectivity index (χ0n) is 7.91. The fourth-order valence-electron chi connectivity index (χ4n) is 1.48. The molecule has 1 aliphatic heterocycles. The standard InChI is InChI=1S/C9H16O3S/c1-2-13-7-9(8(10)11)3-5-12-6-4-9/h2-7H2,1H3,(H,10,11). The molecule has 1 heterocycles. The third-order valence-electron chi connectivity index (χ3n) is 2.49. The normalized spacial score (nSPS) is 21.3. The fraction of sp³-hybridized carbons (Fsp3) is 0.889. The van der Waals surface area contributed by atoms with Crippen LogP contribution in [0.25, 0.3) is 0 Å². The molecule has 1 fully saturated rings. The lowest BCUT2D eigenvalue weighted by Gasteiger charge is -2.32. The minimum atomic E-state index is -0.656. The van der Waals surface area contributed by atoms with Gasteiger partial charge in [0, 0.05) is 19.0 Å². The number of carbonyl (C=O) groups is 1. The first-order valence-electron chi connectivity index (χ1n) is 4.60. The van der Waals surface area contributed by atoms with Crippen molar-refractivity contribution in [3.8, 4) is 0 Å². The zero-order valence-corrected chi connectivity index (χ0v) is 8.73. The second-order valence-corrected chi connectivity index (χ2v) is 4.61. The molecular formula is C9H16O3S. The molecular weight excluding hydrogens is 188 g/mol. The zero-order chi connectivity index (χ0) is 9.73. The molecule has 0 unspecified atom stereocenters. The Bertz CT molecular complexity index is 176. The molecule has 76 valence electrons. The van der Waals surface area contributed by atoms with Crippen molar-refractivity contribution >= 4 is 17.7 Å². The van der Waals surface area contributed by atoms with Crippen molar-refractivity contribution in [1.29, 1.82) is 0 Å². The topological polar surface area (TPSA) is 46.5 Å². The molecule has 0 bridgehead atoms. The van der Waals surface area contributed by atoms with Crippen LogP contribution in [0, 0.1) is 5.41 Å². The Labute approximate surface area is 82.8 Å². The average Bonchev–Trinajstić information content (AvgIpc) is 2.16. The van der Waals surface area contributed by atoms with Gasteiger partial charge in [-0.1, -0.05) is 6.92 Å². The van der Waals surface area contributed by atoms with Gasteiger partial charge in [-0.25, -0.2) is 0 Å². The van der Waals surface area contributed by atoms with Gasteiger partial charge < -0.3 is 9.84 Å². The molecule has 0 aromatic heterocycles.